The van der Waals surface area contributed by atoms with Crippen LogP contribution in [0.25, 0.3) is 11.3 Å². The second kappa shape index (κ2) is 7.24. The average molecular weight is 355 g/mol. The molecule has 0 spiro atoms. The number of hydrogen-bond donors (Lipinski definition) is 1. The Bertz CT molecular complexity index is 950. The van der Waals surface area contributed by atoms with E-state index in [1.807, 2.05) is 44.2 Å². The summed E-state index contributed by atoms with van der Waals surface area (Å²) in [6.07, 6.45) is 1.49. The Balaban J connectivity index is 1.73. The van der Waals surface area contributed by atoms with Crippen molar-refractivity contribution in [3.8, 4) is 17.4 Å². The smallest absolute Gasteiger partial charge is 0.252 e. The predicted octanol–water partition coefficient (Wildman–Crippen LogP) is 5.03. The van der Waals surface area contributed by atoms with E-state index >= 15 is 0 Å². The number of halogens is 1. The van der Waals surface area contributed by atoms with Gasteiger partial charge in [-0.25, -0.2) is 10.4 Å². The molecule has 0 saturated carbocycles. The molecule has 6 nitrogen and oxygen atoms in total. The number of benzene rings is 1. The van der Waals surface area contributed by atoms with Crippen molar-refractivity contribution in [1.82, 2.24) is 4.98 Å². The summed E-state index contributed by atoms with van der Waals surface area (Å²) in [5, 5.41) is 13.8. The van der Waals surface area contributed by atoms with Gasteiger partial charge in [-0.05, 0) is 24.3 Å². The fourth-order valence-electron chi connectivity index (χ4n) is 2.11. The molecule has 0 atom stereocenters. The molecule has 3 rings (SSSR count). The highest BCUT2D eigenvalue weighted by atomic mass is 35.5. The van der Waals surface area contributed by atoms with E-state index in [-0.39, 0.29) is 17.5 Å². The number of hydrazone groups is 1. The molecule has 0 aliphatic heterocycles. The molecule has 25 heavy (non-hydrogen) atoms. The summed E-state index contributed by atoms with van der Waals surface area (Å²) in [4.78, 5) is 4.11. The minimum absolute atomic E-state index is 0.0805. The zero-order chi connectivity index (χ0) is 17.8. The number of aromatic nitrogens is 1. The van der Waals surface area contributed by atoms with Crippen molar-refractivity contribution in [2.75, 3.05) is 5.43 Å². The highest BCUT2D eigenvalue weighted by Gasteiger charge is 2.14. The first-order valence-corrected chi connectivity index (χ1v) is 8.00. The molecular weight excluding hydrogens is 340 g/mol. The third-order valence-corrected chi connectivity index (χ3v) is 3.57. The second-order valence-electron chi connectivity index (χ2n) is 5.58. The quantitative estimate of drug-likeness (QED) is 0.513. The van der Waals surface area contributed by atoms with E-state index in [1.165, 1.54) is 6.21 Å². The lowest BCUT2D eigenvalue weighted by atomic mass is 10.2. The average Bonchev–Trinajstić information content (AvgIpc) is 3.22. The Labute approximate surface area is 149 Å². The van der Waals surface area contributed by atoms with Gasteiger partial charge in [0, 0.05) is 16.5 Å². The first-order valence-electron chi connectivity index (χ1n) is 7.62. The molecule has 0 fully saturated rings. The summed E-state index contributed by atoms with van der Waals surface area (Å²) in [6, 6.07) is 13.0. The predicted molar refractivity (Wildman–Crippen MR) is 95.7 cm³/mol. The lowest BCUT2D eigenvalue weighted by Gasteiger charge is -1.97. The van der Waals surface area contributed by atoms with Gasteiger partial charge in [0.05, 0.1) is 6.21 Å². The van der Waals surface area contributed by atoms with Gasteiger partial charge in [0.1, 0.15) is 17.6 Å². The Hall–Kier alpha value is -3.04. The molecule has 0 amide bonds. The highest BCUT2D eigenvalue weighted by Crippen LogP contribution is 2.25. The number of nitrogens with one attached hydrogen (secondary N) is 1. The highest BCUT2D eigenvalue weighted by molar-refractivity contribution is 6.30. The van der Waals surface area contributed by atoms with Crippen LogP contribution in [0.3, 0.4) is 0 Å². The van der Waals surface area contributed by atoms with Crippen molar-refractivity contribution in [2.45, 2.75) is 19.8 Å². The van der Waals surface area contributed by atoms with Crippen molar-refractivity contribution in [1.29, 1.82) is 5.26 Å². The van der Waals surface area contributed by atoms with E-state index in [1.54, 1.807) is 12.1 Å². The third kappa shape index (κ3) is 3.90. The second-order valence-corrected chi connectivity index (χ2v) is 6.02. The molecule has 7 heteroatoms. The summed E-state index contributed by atoms with van der Waals surface area (Å²) in [6.45, 7) is 3.86. The maximum atomic E-state index is 9.09. The topological polar surface area (TPSA) is 87.4 Å². The van der Waals surface area contributed by atoms with E-state index in [0.717, 1.165) is 5.56 Å². The molecule has 0 radical (unpaired) electrons. The normalized spacial score (nSPS) is 11.2. The van der Waals surface area contributed by atoms with E-state index in [4.69, 9.17) is 25.7 Å². The molecule has 126 valence electrons. The van der Waals surface area contributed by atoms with Crippen LogP contribution in [0.4, 0.5) is 5.88 Å². The van der Waals surface area contributed by atoms with Crippen LogP contribution in [-0.2, 0) is 0 Å². The van der Waals surface area contributed by atoms with Crippen LogP contribution in [0.15, 0.2) is 50.3 Å². The molecule has 0 saturated heterocycles. The molecule has 0 unspecified atom stereocenters. The summed E-state index contributed by atoms with van der Waals surface area (Å²) in [5.74, 6) is 2.00. The Morgan fingerprint density at radius 1 is 1.28 bits per heavy atom. The van der Waals surface area contributed by atoms with E-state index in [2.05, 4.69) is 15.5 Å². The molecule has 3 aromatic rings. The van der Waals surface area contributed by atoms with Gasteiger partial charge in [-0.15, -0.1) is 0 Å². The Morgan fingerprint density at radius 3 is 2.84 bits per heavy atom. The van der Waals surface area contributed by atoms with Crippen molar-refractivity contribution in [3.05, 3.63) is 58.8 Å². The van der Waals surface area contributed by atoms with Gasteiger partial charge in [-0.2, -0.15) is 10.4 Å². The molecule has 0 bridgehead atoms. The maximum absolute atomic E-state index is 9.09. The number of nitriles is 1. The lowest BCUT2D eigenvalue weighted by molar-refractivity contribution is 0.481. The van der Waals surface area contributed by atoms with Gasteiger partial charge in [-0.3, -0.25) is 0 Å². The molecule has 0 aliphatic rings. The number of rotatable bonds is 5. The van der Waals surface area contributed by atoms with Crippen molar-refractivity contribution >= 4 is 23.7 Å². The van der Waals surface area contributed by atoms with Crippen LogP contribution < -0.4 is 5.43 Å². The fourth-order valence-corrected chi connectivity index (χ4v) is 2.30. The van der Waals surface area contributed by atoms with Crippen molar-refractivity contribution in [3.63, 3.8) is 0 Å². The maximum Gasteiger partial charge on any atom is 0.252 e. The molecule has 1 N–H and O–H groups in total. The molecular formula is C18H15ClN4O2. The first-order chi connectivity index (χ1) is 12.1. The van der Waals surface area contributed by atoms with Gasteiger partial charge >= 0.3 is 0 Å². The Kier molecular flexibility index (Phi) is 4.87. The number of anilines is 1. The summed E-state index contributed by atoms with van der Waals surface area (Å²) in [7, 11) is 0. The van der Waals surface area contributed by atoms with Crippen LogP contribution in [0, 0.1) is 11.3 Å². The zero-order valence-corrected chi connectivity index (χ0v) is 14.4. The number of oxazole rings is 1. The third-order valence-electron chi connectivity index (χ3n) is 3.34. The van der Waals surface area contributed by atoms with Gasteiger partial charge in [0.25, 0.3) is 5.88 Å². The van der Waals surface area contributed by atoms with Crippen molar-refractivity contribution < 1.29 is 8.83 Å². The molecule has 2 heterocycles. The molecule has 0 aliphatic carbocycles. The summed E-state index contributed by atoms with van der Waals surface area (Å²) >= 11 is 5.98. The monoisotopic (exact) mass is 354 g/mol. The largest absolute Gasteiger partial charge is 0.455 e. The van der Waals surface area contributed by atoms with Gasteiger partial charge in [0.15, 0.2) is 0 Å². The van der Waals surface area contributed by atoms with Crippen LogP contribution in [-0.4, -0.2) is 11.2 Å². The number of nitrogens with zero attached hydrogens (tertiary/aromatic N) is 3. The zero-order valence-electron chi connectivity index (χ0n) is 13.7. The van der Waals surface area contributed by atoms with E-state index in [0.29, 0.717) is 22.4 Å². The van der Waals surface area contributed by atoms with Crippen LogP contribution >= 0.6 is 11.6 Å². The van der Waals surface area contributed by atoms with E-state index < -0.39 is 0 Å². The molecule has 1 aromatic carbocycles. The SMILES string of the molecule is CC(C)c1nc(C#N)c(NN=Cc2ccc(-c3cccc(Cl)c3)o2)o1. The minimum Gasteiger partial charge on any atom is -0.455 e. The first kappa shape index (κ1) is 16.8. The van der Waals surface area contributed by atoms with Crippen LogP contribution in [0.2, 0.25) is 5.02 Å². The lowest BCUT2D eigenvalue weighted by Crippen LogP contribution is -1.90. The van der Waals surface area contributed by atoms with Crippen molar-refractivity contribution in [2.24, 2.45) is 5.10 Å². The number of hydrogen-bond acceptors (Lipinski definition) is 6. The summed E-state index contributed by atoms with van der Waals surface area (Å²) in [5.41, 5.74) is 3.73. The number of furan rings is 1. The van der Waals surface area contributed by atoms with Gasteiger partial charge in [0.2, 0.25) is 11.6 Å². The van der Waals surface area contributed by atoms with Gasteiger partial charge in [-0.1, -0.05) is 37.6 Å². The minimum atomic E-state index is 0.0805. The fraction of sp³-hybridized carbons (Fsp3) is 0.167. The standard InChI is InChI=1S/C18H15ClN4O2/c1-11(2)17-22-15(9-20)18(25-17)23-21-10-14-6-7-16(24-14)12-4-3-5-13(19)8-12/h3-8,10-11,23H,1-2H3. The van der Waals surface area contributed by atoms with Crippen LogP contribution in [0.5, 0.6) is 0 Å². The van der Waals surface area contributed by atoms with Gasteiger partial charge < -0.3 is 8.83 Å². The Morgan fingerprint density at radius 2 is 2.12 bits per heavy atom. The summed E-state index contributed by atoms with van der Waals surface area (Å²) < 4.78 is 11.2. The van der Waals surface area contributed by atoms with Crippen LogP contribution in [0.1, 0.15) is 37.1 Å². The van der Waals surface area contributed by atoms with E-state index in [9.17, 15) is 0 Å². The molecule has 2 aromatic heterocycles.